The maximum absolute atomic E-state index is 11.9. The molecular formula is C19H18O. The van der Waals surface area contributed by atoms with Crippen LogP contribution in [0.2, 0.25) is 0 Å². The molecule has 1 aliphatic carbocycles. The molecule has 1 heteroatoms. The Bertz CT molecular complexity index is 598. The Morgan fingerprint density at radius 1 is 0.800 bits per heavy atom. The lowest BCUT2D eigenvalue weighted by Gasteiger charge is -2.20. The molecule has 0 aromatic heterocycles. The fraction of sp³-hybridized carbons (Fsp3) is 0.211. The molecule has 100 valence electrons. The summed E-state index contributed by atoms with van der Waals surface area (Å²) in [4.78, 5) is 11.9. The maximum atomic E-state index is 11.9. The summed E-state index contributed by atoms with van der Waals surface area (Å²) in [5.41, 5.74) is 4.78. The van der Waals surface area contributed by atoms with Crippen LogP contribution in [0.1, 0.15) is 36.8 Å². The van der Waals surface area contributed by atoms with Gasteiger partial charge >= 0.3 is 0 Å². The number of hydrogen-bond acceptors (Lipinski definition) is 1. The molecule has 0 saturated carbocycles. The first-order chi connectivity index (χ1) is 9.77. The van der Waals surface area contributed by atoms with Gasteiger partial charge in [0, 0.05) is 12.3 Å². The summed E-state index contributed by atoms with van der Waals surface area (Å²) in [5, 5.41) is 0. The quantitative estimate of drug-likeness (QED) is 0.745. The van der Waals surface area contributed by atoms with Crippen molar-refractivity contribution in [2.75, 3.05) is 0 Å². The molecule has 0 saturated heterocycles. The average Bonchev–Trinajstić information content (AvgIpc) is 2.82. The van der Waals surface area contributed by atoms with Gasteiger partial charge in [0.1, 0.15) is 0 Å². The topological polar surface area (TPSA) is 17.1 Å². The lowest BCUT2D eigenvalue weighted by atomic mass is 9.94. The van der Waals surface area contributed by atoms with Gasteiger partial charge in [-0.25, -0.2) is 0 Å². The number of ketones is 1. The molecule has 0 fully saturated rings. The first-order valence-corrected chi connectivity index (χ1v) is 7.10. The Hall–Kier alpha value is -2.15. The van der Waals surface area contributed by atoms with E-state index in [1.54, 1.807) is 0 Å². The molecule has 2 aromatic carbocycles. The number of carbonyl (C=O) groups excluding carboxylic acids is 1. The second-order valence-electron chi connectivity index (χ2n) is 5.33. The van der Waals surface area contributed by atoms with Gasteiger partial charge in [-0.2, -0.15) is 0 Å². The Labute approximate surface area is 120 Å². The van der Waals surface area contributed by atoms with Crippen molar-refractivity contribution >= 4 is 5.78 Å². The van der Waals surface area contributed by atoms with Crippen LogP contribution in [0.25, 0.3) is 0 Å². The van der Waals surface area contributed by atoms with Gasteiger partial charge < -0.3 is 0 Å². The number of allylic oxidation sites excluding steroid dienone is 2. The third kappa shape index (κ3) is 2.32. The number of rotatable bonds is 3. The zero-order valence-electron chi connectivity index (χ0n) is 11.7. The Kier molecular flexibility index (Phi) is 3.51. The summed E-state index contributed by atoms with van der Waals surface area (Å²) >= 11 is 0. The van der Waals surface area contributed by atoms with Crippen molar-refractivity contribution in [2.24, 2.45) is 0 Å². The summed E-state index contributed by atoms with van der Waals surface area (Å²) in [6.45, 7) is 1.98. The molecule has 0 spiro atoms. The fourth-order valence-electron chi connectivity index (χ4n) is 3.05. The van der Waals surface area contributed by atoms with E-state index in [4.69, 9.17) is 0 Å². The largest absolute Gasteiger partial charge is 0.295 e. The third-order valence-electron chi connectivity index (χ3n) is 4.14. The molecular weight excluding hydrogens is 245 g/mol. The van der Waals surface area contributed by atoms with Crippen LogP contribution in [0.4, 0.5) is 0 Å². The van der Waals surface area contributed by atoms with Gasteiger partial charge in [0.15, 0.2) is 5.78 Å². The van der Waals surface area contributed by atoms with Gasteiger partial charge in [-0.3, -0.25) is 4.79 Å². The van der Waals surface area contributed by atoms with E-state index in [0.29, 0.717) is 12.2 Å². The summed E-state index contributed by atoms with van der Waals surface area (Å²) in [5.74, 6) is 0.515. The molecule has 20 heavy (non-hydrogen) atoms. The van der Waals surface area contributed by atoms with E-state index in [2.05, 4.69) is 48.5 Å². The Morgan fingerprint density at radius 2 is 1.30 bits per heavy atom. The second-order valence-corrected chi connectivity index (χ2v) is 5.33. The first kappa shape index (κ1) is 12.9. The highest BCUT2D eigenvalue weighted by Gasteiger charge is 2.27. The van der Waals surface area contributed by atoms with Crippen molar-refractivity contribution in [2.45, 2.75) is 25.7 Å². The van der Waals surface area contributed by atoms with Crippen LogP contribution >= 0.6 is 0 Å². The molecule has 1 nitrogen and oxygen atoms in total. The van der Waals surface area contributed by atoms with Gasteiger partial charge in [-0.15, -0.1) is 0 Å². The van der Waals surface area contributed by atoms with E-state index >= 15 is 0 Å². The molecule has 0 bridgehead atoms. The van der Waals surface area contributed by atoms with Crippen molar-refractivity contribution in [3.8, 4) is 0 Å². The average molecular weight is 263 g/mol. The van der Waals surface area contributed by atoms with E-state index in [1.165, 1.54) is 16.7 Å². The van der Waals surface area contributed by atoms with E-state index in [9.17, 15) is 4.79 Å². The summed E-state index contributed by atoms with van der Waals surface area (Å²) in [7, 11) is 0. The number of hydrogen-bond donors (Lipinski definition) is 0. The molecule has 0 N–H and O–H groups in total. The highest BCUT2D eigenvalue weighted by atomic mass is 16.1. The van der Waals surface area contributed by atoms with Crippen LogP contribution in [0, 0.1) is 0 Å². The van der Waals surface area contributed by atoms with Crippen molar-refractivity contribution in [3.05, 3.63) is 82.9 Å². The van der Waals surface area contributed by atoms with Crippen molar-refractivity contribution < 1.29 is 4.79 Å². The summed E-state index contributed by atoms with van der Waals surface area (Å²) < 4.78 is 0. The highest BCUT2D eigenvalue weighted by molar-refractivity contribution is 5.98. The van der Waals surface area contributed by atoms with Crippen LogP contribution in [0.3, 0.4) is 0 Å². The molecule has 1 aliphatic rings. The minimum absolute atomic E-state index is 0.212. The molecule has 3 rings (SSSR count). The zero-order valence-corrected chi connectivity index (χ0v) is 11.7. The van der Waals surface area contributed by atoms with E-state index in [1.807, 2.05) is 19.1 Å². The minimum Gasteiger partial charge on any atom is -0.295 e. The van der Waals surface area contributed by atoms with Crippen molar-refractivity contribution in [1.29, 1.82) is 0 Å². The second kappa shape index (κ2) is 5.46. The molecule has 0 amide bonds. The molecule has 0 unspecified atom stereocenters. The minimum atomic E-state index is 0.212. The van der Waals surface area contributed by atoms with Crippen LogP contribution < -0.4 is 0 Å². The Morgan fingerprint density at radius 3 is 1.70 bits per heavy atom. The normalized spacial score (nSPS) is 15.2. The number of carbonyl (C=O) groups is 1. The lowest BCUT2D eigenvalue weighted by Crippen LogP contribution is -2.05. The monoisotopic (exact) mass is 263 g/mol. The third-order valence-corrected chi connectivity index (χ3v) is 4.14. The number of benzene rings is 2. The molecule has 0 atom stereocenters. The molecule has 0 aliphatic heterocycles. The maximum Gasteiger partial charge on any atom is 0.158 e. The van der Waals surface area contributed by atoms with Gasteiger partial charge in [0.05, 0.1) is 0 Å². The van der Waals surface area contributed by atoms with Gasteiger partial charge in [-0.05, 0) is 30.0 Å². The first-order valence-electron chi connectivity index (χ1n) is 7.10. The van der Waals surface area contributed by atoms with Crippen LogP contribution in [-0.4, -0.2) is 5.78 Å². The lowest BCUT2D eigenvalue weighted by molar-refractivity contribution is -0.114. The molecule has 0 radical (unpaired) electrons. The zero-order chi connectivity index (χ0) is 13.9. The van der Waals surface area contributed by atoms with Crippen molar-refractivity contribution in [3.63, 3.8) is 0 Å². The standard InChI is InChI=1S/C19H18O/c1-14-17(12-13-18(14)20)19(15-8-4-2-5-9-15)16-10-6-3-7-11-16/h2-11,19H,12-13H2,1H3/i17+1. The molecule has 2 aromatic rings. The Balaban J connectivity index is 2.13. The van der Waals surface area contributed by atoms with Gasteiger partial charge in [0.2, 0.25) is 0 Å². The predicted octanol–water partition coefficient (Wildman–Crippen LogP) is 4.50. The van der Waals surface area contributed by atoms with Crippen LogP contribution in [-0.2, 0) is 4.79 Å². The van der Waals surface area contributed by atoms with E-state index in [-0.39, 0.29) is 5.92 Å². The SMILES string of the molecule is CC1=[13C](C(c2ccccc2)c2ccccc2)CCC1=O. The number of Topliss-reactive ketones (excluding diaryl/α,β-unsaturated/α-hetero) is 1. The highest BCUT2D eigenvalue weighted by Crippen LogP contribution is 2.39. The summed E-state index contributed by atoms with van der Waals surface area (Å²) in [6, 6.07) is 21.0. The van der Waals surface area contributed by atoms with Crippen LogP contribution in [0.15, 0.2) is 71.8 Å². The van der Waals surface area contributed by atoms with Gasteiger partial charge in [0.25, 0.3) is 0 Å². The smallest absolute Gasteiger partial charge is 0.158 e. The molecule has 0 heterocycles. The van der Waals surface area contributed by atoms with Crippen molar-refractivity contribution in [1.82, 2.24) is 0 Å². The fourth-order valence-corrected chi connectivity index (χ4v) is 3.05. The van der Waals surface area contributed by atoms with Crippen LogP contribution in [0.5, 0.6) is 0 Å². The summed E-state index contributed by atoms with van der Waals surface area (Å²) in [6.07, 6.45) is 1.55. The van der Waals surface area contributed by atoms with E-state index in [0.717, 1.165) is 12.0 Å². The predicted molar refractivity (Wildman–Crippen MR) is 81.7 cm³/mol. The van der Waals surface area contributed by atoms with Gasteiger partial charge in [-0.1, -0.05) is 66.2 Å². The van der Waals surface area contributed by atoms with E-state index < -0.39 is 0 Å².